The van der Waals surface area contributed by atoms with E-state index in [0.717, 1.165) is 0 Å². The zero-order valence-electron chi connectivity index (χ0n) is 7.91. The SMILES string of the molecule is O=C1c2cnncc2C(=O)c2cnncc21. The summed E-state index contributed by atoms with van der Waals surface area (Å²) in [6.45, 7) is 0. The molecule has 0 aliphatic heterocycles. The van der Waals surface area contributed by atoms with Gasteiger partial charge in [0.05, 0.1) is 47.0 Å². The predicted octanol–water partition coefficient (Wildman–Crippen LogP) is 0.0420. The smallest absolute Gasteiger partial charge is 0.197 e. The lowest BCUT2D eigenvalue weighted by Gasteiger charge is -2.14. The van der Waals surface area contributed by atoms with Crippen LogP contribution >= 0.6 is 0 Å². The average molecular weight is 212 g/mol. The second kappa shape index (κ2) is 2.99. The van der Waals surface area contributed by atoms with Gasteiger partial charge in [0.1, 0.15) is 0 Å². The Morgan fingerprint density at radius 2 is 0.812 bits per heavy atom. The number of carbonyl (C=O) groups is 2. The maximum Gasteiger partial charge on any atom is 0.197 e. The van der Waals surface area contributed by atoms with Crippen LogP contribution in [0.4, 0.5) is 0 Å². The molecule has 2 aromatic rings. The van der Waals surface area contributed by atoms with Crippen molar-refractivity contribution in [2.24, 2.45) is 0 Å². The highest BCUT2D eigenvalue weighted by Crippen LogP contribution is 2.24. The lowest BCUT2D eigenvalue weighted by Crippen LogP contribution is -2.22. The summed E-state index contributed by atoms with van der Waals surface area (Å²) in [5.41, 5.74) is 1.06. The first-order valence-electron chi connectivity index (χ1n) is 4.50. The highest BCUT2D eigenvalue weighted by atomic mass is 16.1. The molecule has 3 rings (SSSR count). The Hall–Kier alpha value is -2.50. The molecule has 2 aromatic heterocycles. The van der Waals surface area contributed by atoms with E-state index in [9.17, 15) is 9.59 Å². The van der Waals surface area contributed by atoms with Gasteiger partial charge in [-0.2, -0.15) is 20.4 Å². The lowest BCUT2D eigenvalue weighted by molar-refractivity contribution is 0.0977. The van der Waals surface area contributed by atoms with Crippen molar-refractivity contribution in [3.05, 3.63) is 47.0 Å². The molecule has 16 heavy (non-hydrogen) atoms. The molecule has 1 aliphatic rings. The van der Waals surface area contributed by atoms with E-state index in [1.807, 2.05) is 0 Å². The second-order valence-corrected chi connectivity index (χ2v) is 3.29. The van der Waals surface area contributed by atoms with Gasteiger partial charge < -0.3 is 0 Å². The molecule has 0 aromatic carbocycles. The first-order chi connectivity index (χ1) is 7.79. The standard InChI is InChI=1S/C10H4N4O2/c15-9-5-1-11-12-2-6(5)10(16)8-4-14-13-3-7(8)9/h1-4H. The number of carbonyl (C=O) groups excluding carboxylic acids is 2. The van der Waals surface area contributed by atoms with Crippen molar-refractivity contribution in [3.8, 4) is 0 Å². The van der Waals surface area contributed by atoms with Gasteiger partial charge in [-0.25, -0.2) is 0 Å². The number of hydrogen-bond donors (Lipinski definition) is 0. The summed E-state index contributed by atoms with van der Waals surface area (Å²) >= 11 is 0. The normalized spacial score (nSPS) is 13.2. The van der Waals surface area contributed by atoms with E-state index < -0.39 is 0 Å². The number of nitrogens with zero attached hydrogens (tertiary/aromatic N) is 4. The Labute approximate surface area is 89.4 Å². The molecule has 0 saturated heterocycles. The molecule has 0 atom stereocenters. The van der Waals surface area contributed by atoms with Gasteiger partial charge in [-0.15, -0.1) is 0 Å². The van der Waals surface area contributed by atoms with Gasteiger partial charge in [0.25, 0.3) is 0 Å². The predicted molar refractivity (Wildman–Crippen MR) is 50.9 cm³/mol. The number of ketones is 2. The molecule has 0 unspecified atom stereocenters. The van der Waals surface area contributed by atoms with Crippen LogP contribution in [0.1, 0.15) is 31.8 Å². The van der Waals surface area contributed by atoms with Crippen molar-refractivity contribution >= 4 is 11.6 Å². The van der Waals surface area contributed by atoms with E-state index in [4.69, 9.17) is 0 Å². The molecule has 1 aliphatic carbocycles. The lowest BCUT2D eigenvalue weighted by atomic mass is 9.88. The largest absolute Gasteiger partial charge is 0.288 e. The fraction of sp³-hybridized carbons (Fsp3) is 0. The van der Waals surface area contributed by atoms with Gasteiger partial charge in [-0.1, -0.05) is 0 Å². The van der Waals surface area contributed by atoms with E-state index >= 15 is 0 Å². The second-order valence-electron chi connectivity index (χ2n) is 3.29. The Balaban J connectivity index is 2.35. The van der Waals surface area contributed by atoms with Crippen LogP contribution in [0, 0.1) is 0 Å². The minimum atomic E-state index is -0.269. The zero-order valence-corrected chi connectivity index (χ0v) is 7.91. The molecule has 76 valence electrons. The van der Waals surface area contributed by atoms with Crippen LogP contribution in [0.15, 0.2) is 24.8 Å². The van der Waals surface area contributed by atoms with Crippen molar-refractivity contribution < 1.29 is 9.59 Å². The number of aromatic nitrogens is 4. The minimum absolute atomic E-state index is 0.264. The highest BCUT2D eigenvalue weighted by Gasteiger charge is 2.30. The average Bonchev–Trinajstić information content (AvgIpc) is 2.36. The van der Waals surface area contributed by atoms with Gasteiger partial charge >= 0.3 is 0 Å². The molecule has 0 N–H and O–H groups in total. The fourth-order valence-electron chi connectivity index (χ4n) is 1.66. The summed E-state index contributed by atoms with van der Waals surface area (Å²) < 4.78 is 0. The summed E-state index contributed by atoms with van der Waals surface area (Å²) in [4.78, 5) is 23.9. The fourth-order valence-corrected chi connectivity index (χ4v) is 1.66. The summed E-state index contributed by atoms with van der Waals surface area (Å²) in [5.74, 6) is -0.538. The molecule has 0 fully saturated rings. The molecule has 0 radical (unpaired) electrons. The Kier molecular flexibility index (Phi) is 1.64. The number of rotatable bonds is 0. The van der Waals surface area contributed by atoms with Gasteiger partial charge in [-0.3, -0.25) is 9.59 Å². The number of fused-ring (bicyclic) bond motifs is 2. The van der Waals surface area contributed by atoms with Gasteiger partial charge in [0, 0.05) is 0 Å². The third kappa shape index (κ3) is 1.01. The van der Waals surface area contributed by atoms with E-state index in [1.165, 1.54) is 24.8 Å². The summed E-state index contributed by atoms with van der Waals surface area (Å²) in [7, 11) is 0. The maximum atomic E-state index is 12.0. The van der Waals surface area contributed by atoms with Gasteiger partial charge in [0.15, 0.2) is 11.6 Å². The topological polar surface area (TPSA) is 85.7 Å². The van der Waals surface area contributed by atoms with Crippen LogP contribution in [0.5, 0.6) is 0 Å². The van der Waals surface area contributed by atoms with Crippen LogP contribution < -0.4 is 0 Å². The Bertz CT molecular complexity index is 518. The number of hydrogen-bond acceptors (Lipinski definition) is 6. The zero-order chi connectivity index (χ0) is 11.1. The van der Waals surface area contributed by atoms with E-state index in [0.29, 0.717) is 0 Å². The van der Waals surface area contributed by atoms with Crippen molar-refractivity contribution in [3.63, 3.8) is 0 Å². The summed E-state index contributed by atoms with van der Waals surface area (Å²) in [6.07, 6.45) is 5.16. The molecule has 0 amide bonds. The van der Waals surface area contributed by atoms with Gasteiger partial charge in [0.2, 0.25) is 0 Å². The first-order valence-corrected chi connectivity index (χ1v) is 4.50. The van der Waals surface area contributed by atoms with Crippen molar-refractivity contribution in [1.82, 2.24) is 20.4 Å². The molecule has 0 spiro atoms. The first kappa shape index (κ1) is 8.78. The molecular formula is C10H4N4O2. The van der Waals surface area contributed by atoms with E-state index in [2.05, 4.69) is 20.4 Å². The molecule has 2 heterocycles. The quantitative estimate of drug-likeness (QED) is 0.523. The van der Waals surface area contributed by atoms with Crippen LogP contribution in [0.3, 0.4) is 0 Å². The monoisotopic (exact) mass is 212 g/mol. The van der Waals surface area contributed by atoms with Crippen molar-refractivity contribution in [2.75, 3.05) is 0 Å². The Morgan fingerprint density at radius 1 is 0.562 bits per heavy atom. The third-order valence-corrected chi connectivity index (χ3v) is 2.44. The van der Waals surface area contributed by atoms with Crippen molar-refractivity contribution in [2.45, 2.75) is 0 Å². The van der Waals surface area contributed by atoms with E-state index in [-0.39, 0.29) is 33.8 Å². The third-order valence-electron chi connectivity index (χ3n) is 2.44. The van der Waals surface area contributed by atoms with Gasteiger partial charge in [-0.05, 0) is 0 Å². The summed E-state index contributed by atoms with van der Waals surface area (Å²) in [5, 5.41) is 14.4. The maximum absolute atomic E-state index is 12.0. The molecule has 0 bridgehead atoms. The van der Waals surface area contributed by atoms with Crippen LogP contribution in [0.2, 0.25) is 0 Å². The molecular weight excluding hydrogens is 208 g/mol. The van der Waals surface area contributed by atoms with E-state index in [1.54, 1.807) is 0 Å². The van der Waals surface area contributed by atoms with Crippen LogP contribution in [0.25, 0.3) is 0 Å². The minimum Gasteiger partial charge on any atom is -0.288 e. The van der Waals surface area contributed by atoms with Crippen LogP contribution in [-0.2, 0) is 0 Å². The van der Waals surface area contributed by atoms with Crippen molar-refractivity contribution in [1.29, 1.82) is 0 Å². The highest BCUT2D eigenvalue weighted by molar-refractivity contribution is 6.27. The summed E-state index contributed by atoms with van der Waals surface area (Å²) in [6, 6.07) is 0. The molecule has 6 heteroatoms. The molecule has 6 nitrogen and oxygen atoms in total. The van der Waals surface area contributed by atoms with Crippen LogP contribution in [-0.4, -0.2) is 32.0 Å². The molecule has 0 saturated carbocycles. The Morgan fingerprint density at radius 3 is 1.06 bits per heavy atom.